The summed E-state index contributed by atoms with van der Waals surface area (Å²) >= 11 is 3.51. The average molecular weight is 491 g/mol. The quantitative estimate of drug-likeness (QED) is 0.316. The summed E-state index contributed by atoms with van der Waals surface area (Å²) < 4.78 is 12.1. The lowest BCUT2D eigenvalue weighted by molar-refractivity contribution is -0.112. The molecule has 0 fully saturated rings. The molecule has 0 aliphatic rings. The van der Waals surface area contributed by atoms with Gasteiger partial charge in [0.1, 0.15) is 18.2 Å². The van der Waals surface area contributed by atoms with Crippen LogP contribution in [0.3, 0.4) is 0 Å². The summed E-state index contributed by atoms with van der Waals surface area (Å²) in [6, 6.07) is 20.9. The fraction of sp³-hybridized carbons (Fsp3) is 0.154. The highest BCUT2D eigenvalue weighted by molar-refractivity contribution is 9.10. The molecule has 5 nitrogen and oxygen atoms in total. The molecule has 3 aromatic rings. The molecule has 162 valence electrons. The molecule has 0 saturated carbocycles. The van der Waals surface area contributed by atoms with Crippen LogP contribution in [0.4, 0.5) is 5.69 Å². The summed E-state index contributed by atoms with van der Waals surface area (Å²) in [5.41, 5.74) is 4.45. The van der Waals surface area contributed by atoms with Crippen LogP contribution in [0, 0.1) is 25.2 Å². The van der Waals surface area contributed by atoms with Crippen molar-refractivity contribution in [3.05, 3.63) is 93.0 Å². The van der Waals surface area contributed by atoms with Crippen LogP contribution in [0.2, 0.25) is 0 Å². The molecule has 32 heavy (non-hydrogen) atoms. The van der Waals surface area contributed by atoms with Crippen LogP contribution in [0.25, 0.3) is 6.08 Å². The van der Waals surface area contributed by atoms with Gasteiger partial charge >= 0.3 is 0 Å². The van der Waals surface area contributed by atoms with Crippen LogP contribution in [-0.4, -0.2) is 13.0 Å². The Morgan fingerprint density at radius 2 is 1.78 bits per heavy atom. The van der Waals surface area contributed by atoms with E-state index in [4.69, 9.17) is 9.47 Å². The Hall–Kier alpha value is -3.56. The van der Waals surface area contributed by atoms with E-state index in [0.29, 0.717) is 33.8 Å². The number of methoxy groups -OCH3 is 1. The molecule has 0 saturated heterocycles. The third kappa shape index (κ3) is 5.99. The number of hydrogen-bond acceptors (Lipinski definition) is 4. The van der Waals surface area contributed by atoms with E-state index < -0.39 is 5.91 Å². The molecule has 0 bridgehead atoms. The zero-order valence-electron chi connectivity index (χ0n) is 18.1. The van der Waals surface area contributed by atoms with E-state index in [0.717, 1.165) is 16.7 Å². The van der Waals surface area contributed by atoms with Gasteiger partial charge < -0.3 is 14.8 Å². The lowest BCUT2D eigenvalue weighted by Gasteiger charge is -2.13. The number of hydrogen-bond donors (Lipinski definition) is 1. The predicted octanol–water partition coefficient (Wildman–Crippen LogP) is 6.20. The molecule has 0 aromatic heterocycles. The summed E-state index contributed by atoms with van der Waals surface area (Å²) in [6.45, 7) is 4.36. The predicted molar refractivity (Wildman–Crippen MR) is 130 cm³/mol. The van der Waals surface area contributed by atoms with Gasteiger partial charge in [0.15, 0.2) is 11.5 Å². The van der Waals surface area contributed by atoms with Gasteiger partial charge in [0.2, 0.25) is 0 Å². The highest BCUT2D eigenvalue weighted by atomic mass is 79.9. The lowest BCUT2D eigenvalue weighted by atomic mass is 10.1. The van der Waals surface area contributed by atoms with E-state index >= 15 is 0 Å². The van der Waals surface area contributed by atoms with Crippen LogP contribution in [0.15, 0.2) is 70.7 Å². The van der Waals surface area contributed by atoms with Gasteiger partial charge in [0.05, 0.1) is 7.11 Å². The molecule has 0 atom stereocenters. The van der Waals surface area contributed by atoms with E-state index in [9.17, 15) is 10.1 Å². The Morgan fingerprint density at radius 1 is 1.06 bits per heavy atom. The number of ether oxygens (including phenoxy) is 2. The fourth-order valence-corrected chi connectivity index (χ4v) is 3.56. The van der Waals surface area contributed by atoms with Crippen molar-refractivity contribution >= 4 is 33.6 Å². The van der Waals surface area contributed by atoms with Crippen molar-refractivity contribution in [3.8, 4) is 17.6 Å². The maximum atomic E-state index is 12.6. The Labute approximate surface area is 196 Å². The summed E-state index contributed by atoms with van der Waals surface area (Å²) in [7, 11) is 1.55. The second kappa shape index (κ2) is 10.7. The highest BCUT2D eigenvalue weighted by Crippen LogP contribution is 2.35. The Balaban J connectivity index is 1.82. The van der Waals surface area contributed by atoms with E-state index in [1.807, 2.05) is 56.3 Å². The van der Waals surface area contributed by atoms with Crippen LogP contribution in [-0.2, 0) is 11.4 Å². The van der Waals surface area contributed by atoms with Crippen molar-refractivity contribution in [3.63, 3.8) is 0 Å². The van der Waals surface area contributed by atoms with Crippen molar-refractivity contribution in [1.82, 2.24) is 0 Å². The molecule has 0 aliphatic heterocycles. The monoisotopic (exact) mass is 490 g/mol. The molecule has 0 spiro atoms. The average Bonchev–Trinajstić information content (AvgIpc) is 2.77. The van der Waals surface area contributed by atoms with Crippen molar-refractivity contribution in [1.29, 1.82) is 5.26 Å². The van der Waals surface area contributed by atoms with Crippen LogP contribution in [0.1, 0.15) is 22.3 Å². The van der Waals surface area contributed by atoms with Crippen LogP contribution in [0.5, 0.6) is 11.5 Å². The van der Waals surface area contributed by atoms with Gasteiger partial charge in [-0.3, -0.25) is 4.79 Å². The third-order valence-corrected chi connectivity index (χ3v) is 5.39. The van der Waals surface area contributed by atoms with Crippen molar-refractivity contribution in [2.24, 2.45) is 0 Å². The van der Waals surface area contributed by atoms with Crippen LogP contribution >= 0.6 is 15.9 Å². The first-order valence-electron chi connectivity index (χ1n) is 9.95. The van der Waals surface area contributed by atoms with Gasteiger partial charge in [0.25, 0.3) is 5.91 Å². The molecule has 3 aromatic carbocycles. The number of carbonyl (C=O) groups is 1. The Bertz CT molecular complexity index is 1210. The Kier molecular flexibility index (Phi) is 7.69. The number of nitriles is 1. The lowest BCUT2D eigenvalue weighted by Crippen LogP contribution is -2.13. The zero-order chi connectivity index (χ0) is 23.1. The second-order valence-electron chi connectivity index (χ2n) is 7.30. The molecule has 1 amide bonds. The normalized spacial score (nSPS) is 10.9. The Morgan fingerprint density at radius 3 is 2.44 bits per heavy atom. The molecule has 0 radical (unpaired) electrons. The van der Waals surface area contributed by atoms with Gasteiger partial charge in [-0.2, -0.15) is 5.26 Å². The molecule has 3 rings (SSSR count). The number of nitrogens with one attached hydrogen (secondary N) is 1. The molecule has 0 aliphatic carbocycles. The third-order valence-electron chi connectivity index (χ3n) is 4.70. The van der Waals surface area contributed by atoms with Gasteiger partial charge in [-0.25, -0.2) is 0 Å². The molecule has 0 heterocycles. The minimum atomic E-state index is -0.483. The first kappa shape index (κ1) is 23.1. The highest BCUT2D eigenvalue weighted by Gasteiger charge is 2.14. The van der Waals surface area contributed by atoms with E-state index in [-0.39, 0.29) is 5.57 Å². The van der Waals surface area contributed by atoms with Gasteiger partial charge in [-0.1, -0.05) is 57.9 Å². The smallest absolute Gasteiger partial charge is 0.266 e. The SMILES string of the molecule is COc1cc(/C=C(/C#N)C(=O)Nc2cccc(C)c2)c(Br)cc1OCc1cccc(C)c1. The van der Waals surface area contributed by atoms with E-state index in [2.05, 4.69) is 27.3 Å². The number of anilines is 1. The largest absolute Gasteiger partial charge is 0.493 e. The number of rotatable bonds is 7. The number of nitrogens with zero attached hydrogens (tertiary/aromatic N) is 1. The first-order valence-corrected chi connectivity index (χ1v) is 10.7. The maximum Gasteiger partial charge on any atom is 0.266 e. The maximum absolute atomic E-state index is 12.6. The summed E-state index contributed by atoms with van der Waals surface area (Å²) in [6.07, 6.45) is 1.52. The number of carbonyl (C=O) groups excluding carboxylic acids is 1. The minimum Gasteiger partial charge on any atom is -0.493 e. The summed E-state index contributed by atoms with van der Waals surface area (Å²) in [5.74, 6) is 0.577. The molecule has 6 heteroatoms. The van der Waals surface area contributed by atoms with Crippen LogP contribution < -0.4 is 14.8 Å². The number of halogens is 1. The topological polar surface area (TPSA) is 71.3 Å². The van der Waals surface area contributed by atoms with Crippen molar-refractivity contribution < 1.29 is 14.3 Å². The molecular formula is C26H23BrN2O3. The summed E-state index contributed by atoms with van der Waals surface area (Å²) in [4.78, 5) is 12.6. The number of benzene rings is 3. The molecule has 1 N–H and O–H groups in total. The number of aryl methyl sites for hydroxylation is 2. The van der Waals surface area contributed by atoms with Crippen molar-refractivity contribution in [2.45, 2.75) is 20.5 Å². The van der Waals surface area contributed by atoms with E-state index in [1.54, 1.807) is 25.3 Å². The van der Waals surface area contributed by atoms with Gasteiger partial charge in [0, 0.05) is 10.2 Å². The molecule has 0 unspecified atom stereocenters. The van der Waals surface area contributed by atoms with E-state index in [1.165, 1.54) is 6.08 Å². The zero-order valence-corrected chi connectivity index (χ0v) is 19.7. The fourth-order valence-electron chi connectivity index (χ4n) is 3.12. The minimum absolute atomic E-state index is 0.0253. The van der Waals surface area contributed by atoms with Gasteiger partial charge in [-0.15, -0.1) is 0 Å². The second-order valence-corrected chi connectivity index (χ2v) is 8.15. The standard InChI is InChI=1S/C26H23BrN2O3/c1-17-6-4-8-19(10-17)16-32-25-14-23(27)20(13-24(25)31-3)12-21(15-28)26(30)29-22-9-5-7-18(2)11-22/h4-14H,16H2,1-3H3,(H,29,30)/b21-12-. The van der Waals surface area contributed by atoms with Gasteiger partial charge in [-0.05, 0) is 60.9 Å². The van der Waals surface area contributed by atoms with Crippen molar-refractivity contribution in [2.75, 3.05) is 12.4 Å². The number of amides is 1. The summed E-state index contributed by atoms with van der Waals surface area (Å²) in [5, 5.41) is 12.3. The first-order chi connectivity index (χ1) is 15.4. The molecular weight excluding hydrogens is 468 g/mol.